The van der Waals surface area contributed by atoms with Gasteiger partial charge in [0.25, 0.3) is 0 Å². The molecule has 0 saturated carbocycles. The van der Waals surface area contributed by atoms with Crippen LogP contribution in [-0.2, 0) is 14.4 Å². The van der Waals surface area contributed by atoms with Crippen molar-refractivity contribution in [3.8, 4) is 0 Å². The summed E-state index contributed by atoms with van der Waals surface area (Å²) in [5.74, 6) is -1.53. The molecule has 3 amide bonds. The molecule has 0 aromatic rings. The van der Waals surface area contributed by atoms with E-state index in [2.05, 4.69) is 10.6 Å². The molecule has 1 spiro atoms. The fourth-order valence-corrected chi connectivity index (χ4v) is 7.98. The van der Waals surface area contributed by atoms with E-state index < -0.39 is 34.2 Å². The van der Waals surface area contributed by atoms with Crippen molar-refractivity contribution in [3.63, 3.8) is 0 Å². The van der Waals surface area contributed by atoms with E-state index in [4.69, 9.17) is 0 Å². The second-order valence-corrected chi connectivity index (χ2v) is 12.2. The van der Waals surface area contributed by atoms with E-state index in [1.807, 2.05) is 41.5 Å². The van der Waals surface area contributed by atoms with Gasteiger partial charge in [-0.2, -0.15) is 0 Å². The quantitative estimate of drug-likeness (QED) is 0.614. The first-order valence-electron chi connectivity index (χ1n) is 10.5. The molecular weight excluding hydrogens is 390 g/mol. The third kappa shape index (κ3) is 3.26. The Kier molecular flexibility index (Phi) is 5.52. The Morgan fingerprint density at radius 2 is 1.90 bits per heavy atom. The molecule has 7 nitrogen and oxygen atoms in total. The van der Waals surface area contributed by atoms with Crippen LogP contribution in [0.3, 0.4) is 0 Å². The number of carbonyl (C=O) groups is 3. The van der Waals surface area contributed by atoms with Crippen molar-refractivity contribution in [1.82, 2.24) is 15.5 Å². The molecule has 3 N–H and O–H groups in total. The van der Waals surface area contributed by atoms with Crippen molar-refractivity contribution < 1.29 is 19.5 Å². The van der Waals surface area contributed by atoms with Crippen LogP contribution >= 0.6 is 11.8 Å². The minimum absolute atomic E-state index is 0.0136. The minimum atomic E-state index is -0.694. The SMILES string of the molecule is CNC(=O)[C@@H]1[C@H]2C(=O)N([C@@H](CO)C(C)C)C(C(=O)NC(C)(C)C)C23CC[C@@]1(C)S3. The molecule has 3 heterocycles. The fourth-order valence-electron chi connectivity index (χ4n) is 5.64. The first-order chi connectivity index (χ1) is 13.3. The predicted octanol–water partition coefficient (Wildman–Crippen LogP) is 1.15. The van der Waals surface area contributed by atoms with E-state index in [1.165, 1.54) is 0 Å². The summed E-state index contributed by atoms with van der Waals surface area (Å²) >= 11 is 1.65. The first-order valence-corrected chi connectivity index (χ1v) is 11.3. The third-order valence-corrected chi connectivity index (χ3v) is 8.79. The van der Waals surface area contributed by atoms with Crippen LogP contribution in [0.5, 0.6) is 0 Å². The van der Waals surface area contributed by atoms with Crippen LogP contribution in [0.1, 0.15) is 54.4 Å². The van der Waals surface area contributed by atoms with Gasteiger partial charge in [-0.15, -0.1) is 11.8 Å². The highest BCUT2D eigenvalue weighted by Crippen LogP contribution is 2.71. The van der Waals surface area contributed by atoms with E-state index in [0.29, 0.717) is 6.42 Å². The normalized spacial score (nSPS) is 37.1. The van der Waals surface area contributed by atoms with E-state index in [-0.39, 0.29) is 35.0 Å². The van der Waals surface area contributed by atoms with Crippen LogP contribution in [0.15, 0.2) is 0 Å². The molecule has 8 heteroatoms. The molecule has 0 aromatic carbocycles. The predicted molar refractivity (Wildman–Crippen MR) is 113 cm³/mol. The summed E-state index contributed by atoms with van der Waals surface area (Å²) in [4.78, 5) is 41.8. The van der Waals surface area contributed by atoms with Crippen LogP contribution in [0, 0.1) is 17.8 Å². The number of thioether (sulfide) groups is 1. The smallest absolute Gasteiger partial charge is 0.244 e. The molecule has 164 valence electrons. The zero-order valence-electron chi connectivity index (χ0n) is 18.5. The Morgan fingerprint density at radius 1 is 1.28 bits per heavy atom. The zero-order chi connectivity index (χ0) is 21.9. The van der Waals surface area contributed by atoms with E-state index in [9.17, 15) is 19.5 Å². The lowest BCUT2D eigenvalue weighted by Crippen LogP contribution is -2.60. The van der Waals surface area contributed by atoms with Crippen LogP contribution in [0.25, 0.3) is 0 Å². The highest BCUT2D eigenvalue weighted by atomic mass is 32.2. The number of nitrogens with one attached hydrogen (secondary N) is 2. The third-order valence-electron chi connectivity index (χ3n) is 6.80. The van der Waals surface area contributed by atoms with Gasteiger partial charge in [0.1, 0.15) is 6.04 Å². The monoisotopic (exact) mass is 425 g/mol. The standard InChI is InChI=1S/C21H35N3O4S/c1-11(2)12(10-25)24-15(17(27)23-19(3,4)5)21-9-8-20(6,29-21)13(16(26)22-7)14(21)18(24)28/h11-15,25H,8-10H2,1-7H3,(H,22,26)(H,23,27)/t12-,13-,14-,15?,20+,21?/m0/s1. The number of hydrogen-bond donors (Lipinski definition) is 3. The summed E-state index contributed by atoms with van der Waals surface area (Å²) in [6.07, 6.45) is 1.51. The van der Waals surface area contributed by atoms with E-state index in [1.54, 1.807) is 23.7 Å². The molecule has 2 bridgehead atoms. The molecular formula is C21H35N3O4S. The van der Waals surface area contributed by atoms with Crippen molar-refractivity contribution >= 4 is 29.5 Å². The highest BCUT2D eigenvalue weighted by Gasteiger charge is 2.77. The van der Waals surface area contributed by atoms with E-state index >= 15 is 0 Å². The summed E-state index contributed by atoms with van der Waals surface area (Å²) in [5, 5.41) is 15.9. The topological polar surface area (TPSA) is 98.7 Å². The molecule has 3 rings (SSSR count). The lowest BCUT2D eigenvalue weighted by Gasteiger charge is -2.39. The number of hydrogen-bond acceptors (Lipinski definition) is 5. The maximum absolute atomic E-state index is 13.8. The maximum Gasteiger partial charge on any atom is 0.244 e. The summed E-state index contributed by atoms with van der Waals surface area (Å²) < 4.78 is -1.00. The summed E-state index contributed by atoms with van der Waals surface area (Å²) in [6, 6.07) is -1.16. The Morgan fingerprint density at radius 3 is 2.38 bits per heavy atom. The van der Waals surface area contributed by atoms with Crippen LogP contribution < -0.4 is 10.6 Å². The molecule has 3 saturated heterocycles. The fraction of sp³-hybridized carbons (Fsp3) is 0.857. The van der Waals surface area contributed by atoms with Gasteiger partial charge in [-0.3, -0.25) is 14.4 Å². The lowest BCUT2D eigenvalue weighted by molar-refractivity contribution is -0.144. The van der Waals surface area contributed by atoms with Gasteiger partial charge in [0.2, 0.25) is 17.7 Å². The largest absolute Gasteiger partial charge is 0.394 e. The molecule has 0 aromatic heterocycles. The average Bonchev–Trinajstić information content (AvgIpc) is 3.15. The van der Waals surface area contributed by atoms with Gasteiger partial charge in [0, 0.05) is 17.3 Å². The number of rotatable bonds is 5. The van der Waals surface area contributed by atoms with Gasteiger partial charge >= 0.3 is 0 Å². The van der Waals surface area contributed by atoms with Crippen molar-refractivity contribution in [1.29, 1.82) is 0 Å². The van der Waals surface area contributed by atoms with Gasteiger partial charge in [-0.05, 0) is 46.5 Å². The molecule has 0 radical (unpaired) electrons. The Bertz CT molecular complexity index is 721. The number of nitrogens with zero attached hydrogens (tertiary/aromatic N) is 1. The molecule has 2 unspecified atom stereocenters. The summed E-state index contributed by atoms with van der Waals surface area (Å²) in [6.45, 7) is 11.5. The number of amides is 3. The van der Waals surface area contributed by atoms with Gasteiger partial charge in [-0.25, -0.2) is 0 Å². The number of aliphatic hydroxyl groups excluding tert-OH is 1. The number of fused-ring (bicyclic) bond motifs is 1. The zero-order valence-corrected chi connectivity index (χ0v) is 19.4. The molecule has 0 aliphatic carbocycles. The number of carbonyl (C=O) groups excluding carboxylic acids is 3. The number of aliphatic hydroxyl groups is 1. The van der Waals surface area contributed by atoms with Gasteiger partial charge in [0.05, 0.1) is 29.2 Å². The number of likely N-dealkylation sites (tertiary alicyclic amines) is 1. The van der Waals surface area contributed by atoms with Crippen LogP contribution in [-0.4, -0.2) is 68.5 Å². The molecule has 6 atom stereocenters. The molecule has 3 aliphatic heterocycles. The Labute approximate surface area is 177 Å². The maximum atomic E-state index is 13.8. The highest BCUT2D eigenvalue weighted by molar-refractivity contribution is 8.02. The summed E-state index contributed by atoms with van der Waals surface area (Å²) in [5.41, 5.74) is -0.446. The Balaban J connectivity index is 2.13. The first kappa shape index (κ1) is 22.4. The molecule has 29 heavy (non-hydrogen) atoms. The lowest BCUT2D eigenvalue weighted by atomic mass is 9.66. The average molecular weight is 426 g/mol. The van der Waals surface area contributed by atoms with Crippen molar-refractivity contribution in [2.45, 2.75) is 81.5 Å². The second-order valence-electron chi connectivity index (χ2n) is 10.3. The van der Waals surface area contributed by atoms with Gasteiger partial charge in [-0.1, -0.05) is 13.8 Å². The molecule has 3 fully saturated rings. The minimum Gasteiger partial charge on any atom is -0.394 e. The van der Waals surface area contributed by atoms with E-state index in [0.717, 1.165) is 6.42 Å². The summed E-state index contributed by atoms with van der Waals surface area (Å²) in [7, 11) is 1.60. The second kappa shape index (κ2) is 7.15. The van der Waals surface area contributed by atoms with Crippen molar-refractivity contribution in [3.05, 3.63) is 0 Å². The van der Waals surface area contributed by atoms with Crippen LogP contribution in [0.4, 0.5) is 0 Å². The Hall–Kier alpha value is -1.28. The molecule has 3 aliphatic rings. The van der Waals surface area contributed by atoms with Crippen molar-refractivity contribution in [2.24, 2.45) is 17.8 Å². The van der Waals surface area contributed by atoms with Crippen LogP contribution in [0.2, 0.25) is 0 Å². The van der Waals surface area contributed by atoms with Gasteiger partial charge in [0.15, 0.2) is 0 Å². The van der Waals surface area contributed by atoms with Gasteiger partial charge < -0.3 is 20.6 Å². The van der Waals surface area contributed by atoms with Crippen molar-refractivity contribution in [2.75, 3.05) is 13.7 Å².